The average molecular weight is 218 g/mol. The second-order valence-corrected chi connectivity index (χ2v) is 5.26. The molecule has 0 spiro atoms. The van der Waals surface area contributed by atoms with Crippen LogP contribution >= 0.6 is 0 Å². The zero-order chi connectivity index (χ0) is 12.0. The summed E-state index contributed by atoms with van der Waals surface area (Å²) in [7, 11) is 0. The molecule has 2 atom stereocenters. The molecule has 16 heavy (non-hydrogen) atoms. The lowest BCUT2D eigenvalue weighted by molar-refractivity contribution is 0.327. The van der Waals surface area contributed by atoms with E-state index in [0.717, 1.165) is 17.8 Å². The highest BCUT2D eigenvalue weighted by atomic mass is 14.3. The highest BCUT2D eigenvalue weighted by molar-refractivity contribution is 5.20. The standard InChI is InChI=1S/C16H26/c1-5-6-12-16(14(4)13(2)3)15-10-8-7-9-11-15/h7-11,13-14,16H,5-6,12H2,1-4H3/t14-,16?/m0/s1. The van der Waals surface area contributed by atoms with Gasteiger partial charge in [-0.15, -0.1) is 0 Å². The van der Waals surface area contributed by atoms with E-state index >= 15 is 0 Å². The molecular weight excluding hydrogens is 192 g/mol. The van der Waals surface area contributed by atoms with Gasteiger partial charge in [0, 0.05) is 0 Å². The van der Waals surface area contributed by atoms with Crippen LogP contribution in [0.2, 0.25) is 0 Å². The SMILES string of the molecule is CCCCC(c1ccccc1)[C@@H](C)C(C)C. The number of hydrogen-bond acceptors (Lipinski definition) is 0. The van der Waals surface area contributed by atoms with Gasteiger partial charge in [-0.3, -0.25) is 0 Å². The van der Waals surface area contributed by atoms with Gasteiger partial charge in [-0.2, -0.15) is 0 Å². The third-order valence-corrected chi connectivity index (χ3v) is 3.78. The molecule has 0 fully saturated rings. The molecule has 1 rings (SSSR count). The molecule has 0 bridgehead atoms. The summed E-state index contributed by atoms with van der Waals surface area (Å²) < 4.78 is 0. The van der Waals surface area contributed by atoms with E-state index in [2.05, 4.69) is 58.0 Å². The molecule has 0 heteroatoms. The van der Waals surface area contributed by atoms with Crippen LogP contribution in [-0.2, 0) is 0 Å². The minimum absolute atomic E-state index is 0.737. The predicted molar refractivity (Wildman–Crippen MR) is 72.7 cm³/mol. The van der Waals surface area contributed by atoms with E-state index in [0.29, 0.717) is 0 Å². The fourth-order valence-corrected chi connectivity index (χ4v) is 2.32. The Bertz CT molecular complexity index is 273. The number of rotatable bonds is 6. The Hall–Kier alpha value is -0.780. The number of benzene rings is 1. The van der Waals surface area contributed by atoms with Crippen LogP contribution in [0.4, 0.5) is 0 Å². The Labute approximate surface area is 101 Å². The van der Waals surface area contributed by atoms with Gasteiger partial charge < -0.3 is 0 Å². The predicted octanol–water partition coefficient (Wildman–Crippen LogP) is 5.25. The van der Waals surface area contributed by atoms with Gasteiger partial charge in [-0.25, -0.2) is 0 Å². The van der Waals surface area contributed by atoms with Crippen molar-refractivity contribution in [3.05, 3.63) is 35.9 Å². The van der Waals surface area contributed by atoms with Crippen LogP contribution in [0.5, 0.6) is 0 Å². The summed E-state index contributed by atoms with van der Waals surface area (Å²) in [5, 5.41) is 0. The summed E-state index contributed by atoms with van der Waals surface area (Å²) in [5.74, 6) is 2.28. The molecule has 0 saturated heterocycles. The van der Waals surface area contributed by atoms with Crippen molar-refractivity contribution in [2.45, 2.75) is 52.9 Å². The smallest absolute Gasteiger partial charge is 0.0134 e. The highest BCUT2D eigenvalue weighted by Crippen LogP contribution is 2.33. The van der Waals surface area contributed by atoms with E-state index in [4.69, 9.17) is 0 Å². The lowest BCUT2D eigenvalue weighted by Gasteiger charge is -2.27. The van der Waals surface area contributed by atoms with E-state index in [1.165, 1.54) is 24.8 Å². The van der Waals surface area contributed by atoms with Crippen molar-refractivity contribution in [2.24, 2.45) is 11.8 Å². The summed E-state index contributed by atoms with van der Waals surface area (Å²) in [5.41, 5.74) is 1.53. The molecular formula is C16H26. The molecule has 90 valence electrons. The van der Waals surface area contributed by atoms with Crippen molar-refractivity contribution in [1.82, 2.24) is 0 Å². The maximum Gasteiger partial charge on any atom is -0.0134 e. The van der Waals surface area contributed by atoms with Crippen LogP contribution < -0.4 is 0 Å². The van der Waals surface area contributed by atoms with Gasteiger partial charge in [0.25, 0.3) is 0 Å². The largest absolute Gasteiger partial charge is 0.0654 e. The van der Waals surface area contributed by atoms with Gasteiger partial charge >= 0.3 is 0 Å². The second-order valence-electron chi connectivity index (χ2n) is 5.26. The first-order valence-corrected chi connectivity index (χ1v) is 6.71. The molecule has 0 heterocycles. The first kappa shape index (κ1) is 13.3. The average Bonchev–Trinajstić information content (AvgIpc) is 2.30. The first-order chi connectivity index (χ1) is 7.66. The van der Waals surface area contributed by atoms with Gasteiger partial charge in [-0.05, 0) is 29.7 Å². The number of hydrogen-bond donors (Lipinski definition) is 0. The van der Waals surface area contributed by atoms with E-state index in [1.807, 2.05) is 0 Å². The van der Waals surface area contributed by atoms with Crippen LogP contribution in [0.3, 0.4) is 0 Å². The van der Waals surface area contributed by atoms with E-state index in [-0.39, 0.29) is 0 Å². The molecule has 0 N–H and O–H groups in total. The molecule has 1 aromatic rings. The van der Waals surface area contributed by atoms with E-state index in [1.54, 1.807) is 0 Å². The molecule has 0 amide bonds. The molecule has 0 aromatic heterocycles. The lowest BCUT2D eigenvalue weighted by atomic mass is 9.78. The van der Waals surface area contributed by atoms with Gasteiger partial charge in [0.2, 0.25) is 0 Å². The zero-order valence-electron chi connectivity index (χ0n) is 11.2. The minimum Gasteiger partial charge on any atom is -0.0654 e. The van der Waals surface area contributed by atoms with Gasteiger partial charge in [0.05, 0.1) is 0 Å². The summed E-state index contributed by atoms with van der Waals surface area (Å²) >= 11 is 0. The zero-order valence-corrected chi connectivity index (χ0v) is 11.2. The van der Waals surface area contributed by atoms with Crippen molar-refractivity contribution < 1.29 is 0 Å². The summed E-state index contributed by atoms with van der Waals surface area (Å²) in [6.45, 7) is 9.36. The van der Waals surface area contributed by atoms with Crippen LogP contribution in [-0.4, -0.2) is 0 Å². The van der Waals surface area contributed by atoms with Crippen LogP contribution in [0.25, 0.3) is 0 Å². The van der Waals surface area contributed by atoms with Crippen molar-refractivity contribution in [3.63, 3.8) is 0 Å². The van der Waals surface area contributed by atoms with Gasteiger partial charge in [0.1, 0.15) is 0 Å². The molecule has 0 aliphatic carbocycles. The molecule has 0 aliphatic rings. The Kier molecular flexibility index (Phi) is 5.59. The van der Waals surface area contributed by atoms with Crippen LogP contribution in [0.1, 0.15) is 58.4 Å². The fraction of sp³-hybridized carbons (Fsp3) is 0.625. The molecule has 1 unspecified atom stereocenters. The quantitative estimate of drug-likeness (QED) is 0.611. The molecule has 0 aliphatic heterocycles. The van der Waals surface area contributed by atoms with Crippen molar-refractivity contribution in [3.8, 4) is 0 Å². The first-order valence-electron chi connectivity index (χ1n) is 6.71. The van der Waals surface area contributed by atoms with Crippen molar-refractivity contribution >= 4 is 0 Å². The van der Waals surface area contributed by atoms with Crippen molar-refractivity contribution in [1.29, 1.82) is 0 Å². The van der Waals surface area contributed by atoms with Gasteiger partial charge in [-0.1, -0.05) is 70.9 Å². The highest BCUT2D eigenvalue weighted by Gasteiger charge is 2.21. The third kappa shape index (κ3) is 3.66. The Morgan fingerprint density at radius 1 is 1.00 bits per heavy atom. The van der Waals surface area contributed by atoms with Crippen molar-refractivity contribution in [2.75, 3.05) is 0 Å². The maximum absolute atomic E-state index is 2.40. The normalized spacial score (nSPS) is 15.1. The minimum atomic E-state index is 0.737. The molecule has 0 nitrogen and oxygen atoms in total. The topological polar surface area (TPSA) is 0 Å². The third-order valence-electron chi connectivity index (χ3n) is 3.78. The van der Waals surface area contributed by atoms with Crippen LogP contribution in [0.15, 0.2) is 30.3 Å². The summed E-state index contributed by atoms with van der Waals surface area (Å²) in [6.07, 6.45) is 3.98. The Morgan fingerprint density at radius 2 is 1.62 bits per heavy atom. The number of unbranched alkanes of at least 4 members (excludes halogenated alkanes) is 1. The second kappa shape index (κ2) is 6.73. The van der Waals surface area contributed by atoms with E-state index < -0.39 is 0 Å². The van der Waals surface area contributed by atoms with Crippen LogP contribution in [0, 0.1) is 11.8 Å². The Balaban J connectivity index is 2.79. The lowest BCUT2D eigenvalue weighted by Crippen LogP contribution is -2.15. The van der Waals surface area contributed by atoms with Gasteiger partial charge in [0.15, 0.2) is 0 Å². The maximum atomic E-state index is 2.40. The Morgan fingerprint density at radius 3 is 2.12 bits per heavy atom. The summed E-state index contributed by atoms with van der Waals surface area (Å²) in [6, 6.07) is 11.0. The molecule has 0 saturated carbocycles. The molecule has 0 radical (unpaired) electrons. The fourth-order valence-electron chi connectivity index (χ4n) is 2.32. The van der Waals surface area contributed by atoms with E-state index in [9.17, 15) is 0 Å². The summed E-state index contributed by atoms with van der Waals surface area (Å²) in [4.78, 5) is 0. The monoisotopic (exact) mass is 218 g/mol. The molecule has 1 aromatic carbocycles.